The monoisotopic (exact) mass is 479 g/mol. The fraction of sp³-hybridized carbons (Fsp3) is 0.364. The fourth-order valence-corrected chi connectivity index (χ4v) is 5.71. The largest absolute Gasteiger partial charge is 0.341 e. The van der Waals surface area contributed by atoms with Crippen molar-refractivity contribution in [3.05, 3.63) is 59.4 Å². The molecule has 2 saturated heterocycles. The molecular weight excluding hydrogens is 457 g/mol. The molecule has 2 fully saturated rings. The van der Waals surface area contributed by atoms with Crippen LogP contribution >= 0.6 is 11.6 Å². The van der Waals surface area contributed by atoms with Crippen molar-refractivity contribution in [1.29, 1.82) is 0 Å². The Balaban J connectivity index is 1.42. The van der Waals surface area contributed by atoms with E-state index in [0.717, 1.165) is 12.1 Å². The third-order valence-electron chi connectivity index (χ3n) is 5.86. The summed E-state index contributed by atoms with van der Waals surface area (Å²) < 4.78 is 40.3. The zero-order chi connectivity index (χ0) is 22.9. The first-order chi connectivity index (χ1) is 15.3. The van der Waals surface area contributed by atoms with Crippen molar-refractivity contribution in [2.45, 2.75) is 17.7 Å². The van der Waals surface area contributed by atoms with Gasteiger partial charge in [0, 0.05) is 43.4 Å². The van der Waals surface area contributed by atoms with Crippen molar-refractivity contribution in [3.63, 3.8) is 0 Å². The van der Waals surface area contributed by atoms with Crippen LogP contribution in [0, 0.1) is 11.7 Å². The average Bonchev–Trinajstić information content (AvgIpc) is 2.98. The van der Waals surface area contributed by atoms with E-state index in [1.807, 2.05) is 0 Å². The van der Waals surface area contributed by atoms with Gasteiger partial charge in [0.15, 0.2) is 0 Å². The Bertz CT molecular complexity index is 1110. The lowest BCUT2D eigenvalue weighted by atomic mass is 10.1. The Hall–Kier alpha value is -2.49. The van der Waals surface area contributed by atoms with Crippen LogP contribution in [0.1, 0.15) is 12.8 Å². The molecule has 2 aliphatic heterocycles. The van der Waals surface area contributed by atoms with E-state index in [1.54, 1.807) is 34.1 Å². The minimum absolute atomic E-state index is 0.0169. The number of carbonyl (C=O) groups is 2. The first-order valence-electron chi connectivity index (χ1n) is 10.4. The molecule has 0 aliphatic carbocycles. The minimum Gasteiger partial charge on any atom is -0.341 e. The summed E-state index contributed by atoms with van der Waals surface area (Å²) in [6.45, 7) is 1.38. The molecule has 2 aromatic carbocycles. The van der Waals surface area contributed by atoms with E-state index in [0.29, 0.717) is 36.6 Å². The number of rotatable bonds is 4. The predicted molar refractivity (Wildman–Crippen MR) is 118 cm³/mol. The normalized spacial score (nSPS) is 20.4. The smallest absolute Gasteiger partial charge is 0.243 e. The van der Waals surface area contributed by atoms with Crippen LogP contribution in [0.4, 0.5) is 10.1 Å². The SMILES string of the molecule is O=C(C1CCN(c2ccc(Cl)cc2)C1=O)N1CCCN(S(=O)(=O)c2ccc(F)cc2)CC1. The maximum absolute atomic E-state index is 13.2. The van der Waals surface area contributed by atoms with Crippen LogP contribution in [0.15, 0.2) is 53.4 Å². The lowest BCUT2D eigenvalue weighted by Gasteiger charge is -2.24. The summed E-state index contributed by atoms with van der Waals surface area (Å²) in [5.74, 6) is -1.80. The second-order valence-electron chi connectivity index (χ2n) is 7.84. The Morgan fingerprint density at radius 2 is 1.62 bits per heavy atom. The van der Waals surface area contributed by atoms with Crippen LogP contribution < -0.4 is 4.90 Å². The number of nitrogens with zero attached hydrogens (tertiary/aromatic N) is 3. The van der Waals surface area contributed by atoms with Gasteiger partial charge in [0.1, 0.15) is 11.7 Å². The van der Waals surface area contributed by atoms with Crippen molar-refractivity contribution >= 4 is 39.1 Å². The average molecular weight is 480 g/mol. The molecule has 0 radical (unpaired) electrons. The molecule has 2 aliphatic rings. The van der Waals surface area contributed by atoms with Gasteiger partial charge in [-0.2, -0.15) is 4.31 Å². The van der Waals surface area contributed by atoms with Crippen LogP contribution in [0.2, 0.25) is 5.02 Å². The second kappa shape index (κ2) is 9.17. The molecular formula is C22H23ClFN3O4S. The number of halogens is 2. The van der Waals surface area contributed by atoms with Crippen LogP contribution in [-0.4, -0.2) is 62.2 Å². The van der Waals surface area contributed by atoms with Crippen LogP contribution in [0.3, 0.4) is 0 Å². The van der Waals surface area contributed by atoms with Gasteiger partial charge in [-0.25, -0.2) is 12.8 Å². The summed E-state index contributed by atoms with van der Waals surface area (Å²) in [6.07, 6.45) is 0.863. The number of benzene rings is 2. The highest BCUT2D eigenvalue weighted by Gasteiger charge is 2.40. The zero-order valence-electron chi connectivity index (χ0n) is 17.3. The van der Waals surface area contributed by atoms with E-state index >= 15 is 0 Å². The first kappa shape index (κ1) is 22.7. The molecule has 1 atom stereocenters. The van der Waals surface area contributed by atoms with E-state index in [4.69, 9.17) is 11.6 Å². The molecule has 4 rings (SSSR count). The maximum atomic E-state index is 13.2. The van der Waals surface area contributed by atoms with E-state index < -0.39 is 21.8 Å². The van der Waals surface area contributed by atoms with Crippen molar-refractivity contribution in [1.82, 2.24) is 9.21 Å². The number of anilines is 1. The molecule has 0 aromatic heterocycles. The summed E-state index contributed by atoms with van der Waals surface area (Å²) >= 11 is 5.91. The minimum atomic E-state index is -3.79. The van der Waals surface area contributed by atoms with E-state index in [9.17, 15) is 22.4 Å². The molecule has 1 unspecified atom stereocenters. The fourth-order valence-electron chi connectivity index (χ4n) is 4.12. The van der Waals surface area contributed by atoms with Crippen molar-refractivity contribution < 1.29 is 22.4 Å². The highest BCUT2D eigenvalue weighted by Crippen LogP contribution is 2.28. The van der Waals surface area contributed by atoms with E-state index in [2.05, 4.69) is 0 Å². The number of hydrogen-bond donors (Lipinski definition) is 0. The van der Waals surface area contributed by atoms with Gasteiger partial charge in [-0.15, -0.1) is 0 Å². The Morgan fingerprint density at radius 3 is 2.31 bits per heavy atom. The van der Waals surface area contributed by atoms with Gasteiger partial charge in [-0.1, -0.05) is 11.6 Å². The van der Waals surface area contributed by atoms with E-state index in [1.165, 1.54) is 16.4 Å². The summed E-state index contributed by atoms with van der Waals surface area (Å²) in [6, 6.07) is 11.6. The predicted octanol–water partition coefficient (Wildman–Crippen LogP) is 2.76. The summed E-state index contributed by atoms with van der Waals surface area (Å²) in [5.41, 5.74) is 0.696. The molecule has 170 valence electrons. The molecule has 7 nitrogen and oxygen atoms in total. The molecule has 2 heterocycles. The van der Waals surface area contributed by atoms with Gasteiger partial charge >= 0.3 is 0 Å². The third kappa shape index (κ3) is 4.51. The molecule has 0 spiro atoms. The van der Waals surface area contributed by atoms with Crippen LogP contribution in [0.25, 0.3) is 0 Å². The Kier molecular flexibility index (Phi) is 6.50. The third-order valence-corrected chi connectivity index (χ3v) is 8.02. The van der Waals surface area contributed by atoms with Gasteiger partial charge in [0.25, 0.3) is 0 Å². The molecule has 0 saturated carbocycles. The molecule has 2 amide bonds. The summed E-state index contributed by atoms with van der Waals surface area (Å²) in [7, 11) is -3.79. The lowest BCUT2D eigenvalue weighted by Crippen LogP contribution is -2.42. The van der Waals surface area contributed by atoms with Gasteiger partial charge in [0.05, 0.1) is 4.90 Å². The van der Waals surface area contributed by atoms with Gasteiger partial charge in [0.2, 0.25) is 21.8 Å². The zero-order valence-corrected chi connectivity index (χ0v) is 18.9. The van der Waals surface area contributed by atoms with Gasteiger partial charge < -0.3 is 9.80 Å². The Morgan fingerprint density at radius 1 is 0.938 bits per heavy atom. The second-order valence-corrected chi connectivity index (χ2v) is 10.2. The molecule has 0 N–H and O–H groups in total. The summed E-state index contributed by atoms with van der Waals surface area (Å²) in [4.78, 5) is 29.2. The highest BCUT2D eigenvalue weighted by molar-refractivity contribution is 7.89. The Labute approximate surface area is 191 Å². The molecule has 0 bridgehead atoms. The van der Waals surface area contributed by atoms with Crippen LogP contribution in [-0.2, 0) is 19.6 Å². The quantitative estimate of drug-likeness (QED) is 0.632. The van der Waals surface area contributed by atoms with Gasteiger partial charge in [-0.3, -0.25) is 9.59 Å². The lowest BCUT2D eigenvalue weighted by molar-refractivity contribution is -0.139. The van der Waals surface area contributed by atoms with Crippen molar-refractivity contribution in [2.75, 3.05) is 37.6 Å². The first-order valence-corrected chi connectivity index (χ1v) is 12.2. The highest BCUT2D eigenvalue weighted by atomic mass is 35.5. The standard InChI is InChI=1S/C22H23ClFN3O4S/c23-16-2-6-18(7-3-16)27-13-10-20(22(27)29)21(28)25-11-1-12-26(15-14-25)32(30,31)19-8-4-17(24)5-9-19/h2-9,20H,1,10-15H2. The van der Waals surface area contributed by atoms with Crippen LogP contribution in [0.5, 0.6) is 0 Å². The topological polar surface area (TPSA) is 78.0 Å². The molecule has 10 heteroatoms. The number of sulfonamides is 1. The molecule has 2 aromatic rings. The number of amides is 2. The summed E-state index contributed by atoms with van der Waals surface area (Å²) in [5, 5.41) is 0.567. The van der Waals surface area contributed by atoms with E-state index in [-0.39, 0.29) is 36.3 Å². The number of hydrogen-bond acceptors (Lipinski definition) is 4. The molecule has 32 heavy (non-hydrogen) atoms. The van der Waals surface area contributed by atoms with Gasteiger partial charge in [-0.05, 0) is 61.4 Å². The number of carbonyl (C=O) groups excluding carboxylic acids is 2. The van der Waals surface area contributed by atoms with Crippen molar-refractivity contribution in [3.8, 4) is 0 Å². The van der Waals surface area contributed by atoms with Crippen molar-refractivity contribution in [2.24, 2.45) is 5.92 Å². The maximum Gasteiger partial charge on any atom is 0.243 e.